The van der Waals surface area contributed by atoms with Crippen molar-refractivity contribution in [2.75, 3.05) is 18.5 Å². The lowest BCUT2D eigenvalue weighted by molar-refractivity contribution is -0.118. The van der Waals surface area contributed by atoms with Crippen LogP contribution in [0.5, 0.6) is 5.75 Å². The van der Waals surface area contributed by atoms with Crippen LogP contribution in [0.2, 0.25) is 0 Å². The molecule has 0 heterocycles. The van der Waals surface area contributed by atoms with E-state index in [1.807, 2.05) is 36.4 Å². The van der Waals surface area contributed by atoms with Crippen LogP contribution in [0.4, 0.5) is 5.69 Å². The standard InChI is InChI=1S/C23H21N3O4S/c24-16-19-7-4-8-20(15-19)26-23(27)17-30-21-9-11-22(12-10-21)31(28,29)25-14-13-18-5-2-1-3-6-18/h1-12,15,25H,13-14,17H2,(H,26,27). The van der Waals surface area contributed by atoms with Crippen LogP contribution in [0.1, 0.15) is 11.1 Å². The molecule has 3 rings (SSSR count). The summed E-state index contributed by atoms with van der Waals surface area (Å²) in [4.78, 5) is 12.1. The molecule has 0 fully saturated rings. The van der Waals surface area contributed by atoms with Gasteiger partial charge in [0.05, 0.1) is 16.5 Å². The molecule has 31 heavy (non-hydrogen) atoms. The number of ether oxygens (including phenoxy) is 1. The van der Waals surface area contributed by atoms with E-state index < -0.39 is 15.9 Å². The third-order valence-electron chi connectivity index (χ3n) is 4.33. The van der Waals surface area contributed by atoms with Crippen LogP contribution in [-0.2, 0) is 21.2 Å². The number of hydrogen-bond acceptors (Lipinski definition) is 5. The molecule has 0 aromatic heterocycles. The number of benzene rings is 3. The Hall–Kier alpha value is -3.67. The highest BCUT2D eigenvalue weighted by Gasteiger charge is 2.13. The average molecular weight is 436 g/mol. The molecule has 0 bridgehead atoms. The second-order valence-corrected chi connectivity index (χ2v) is 8.40. The highest BCUT2D eigenvalue weighted by molar-refractivity contribution is 7.89. The van der Waals surface area contributed by atoms with Gasteiger partial charge >= 0.3 is 0 Å². The molecule has 0 aliphatic heterocycles. The fourth-order valence-corrected chi connectivity index (χ4v) is 3.82. The van der Waals surface area contributed by atoms with E-state index in [0.29, 0.717) is 23.4 Å². The molecule has 0 atom stereocenters. The molecule has 7 nitrogen and oxygen atoms in total. The number of carbonyl (C=O) groups excluding carboxylic acids is 1. The zero-order valence-electron chi connectivity index (χ0n) is 16.6. The normalized spacial score (nSPS) is 10.8. The number of nitrogens with one attached hydrogen (secondary N) is 2. The van der Waals surface area contributed by atoms with E-state index >= 15 is 0 Å². The van der Waals surface area contributed by atoms with Crippen LogP contribution in [0.25, 0.3) is 0 Å². The van der Waals surface area contributed by atoms with Crippen LogP contribution in [0, 0.1) is 11.3 Å². The molecule has 0 spiro atoms. The summed E-state index contributed by atoms with van der Waals surface area (Å²) in [6.07, 6.45) is 0.591. The second kappa shape index (κ2) is 10.4. The van der Waals surface area contributed by atoms with E-state index in [9.17, 15) is 13.2 Å². The molecule has 8 heteroatoms. The van der Waals surface area contributed by atoms with Gasteiger partial charge in [-0.1, -0.05) is 36.4 Å². The topological polar surface area (TPSA) is 108 Å². The molecule has 0 saturated carbocycles. The molecule has 1 amide bonds. The van der Waals surface area contributed by atoms with Crippen LogP contribution in [0.15, 0.2) is 83.8 Å². The number of rotatable bonds is 9. The van der Waals surface area contributed by atoms with Crippen molar-refractivity contribution in [2.24, 2.45) is 0 Å². The average Bonchev–Trinajstić information content (AvgIpc) is 2.79. The van der Waals surface area contributed by atoms with Crippen molar-refractivity contribution in [2.45, 2.75) is 11.3 Å². The van der Waals surface area contributed by atoms with Crippen LogP contribution < -0.4 is 14.8 Å². The number of nitrogens with zero attached hydrogens (tertiary/aromatic N) is 1. The SMILES string of the molecule is N#Cc1cccc(NC(=O)COc2ccc(S(=O)(=O)NCCc3ccccc3)cc2)c1. The van der Waals surface area contributed by atoms with Crippen molar-refractivity contribution in [1.82, 2.24) is 4.72 Å². The molecule has 0 aliphatic rings. The Morgan fingerprint density at radius 1 is 0.968 bits per heavy atom. The van der Waals surface area contributed by atoms with Gasteiger partial charge in [-0.3, -0.25) is 4.79 Å². The number of carbonyl (C=O) groups is 1. The summed E-state index contributed by atoms with van der Waals surface area (Å²) in [6.45, 7) is 0.0377. The zero-order valence-corrected chi connectivity index (χ0v) is 17.4. The summed E-state index contributed by atoms with van der Waals surface area (Å²) in [5, 5.41) is 11.5. The summed E-state index contributed by atoms with van der Waals surface area (Å²) < 4.78 is 32.8. The maximum Gasteiger partial charge on any atom is 0.262 e. The van der Waals surface area contributed by atoms with Gasteiger partial charge in [-0.25, -0.2) is 13.1 Å². The first-order valence-corrected chi connectivity index (χ1v) is 11.0. The largest absolute Gasteiger partial charge is 0.484 e. The third-order valence-corrected chi connectivity index (χ3v) is 5.80. The Labute approximate surface area is 181 Å². The summed E-state index contributed by atoms with van der Waals surface area (Å²) in [6, 6.07) is 24.0. The van der Waals surface area contributed by atoms with Crippen molar-refractivity contribution in [3.05, 3.63) is 90.0 Å². The quantitative estimate of drug-likeness (QED) is 0.537. The summed E-state index contributed by atoms with van der Waals surface area (Å²) in [5.74, 6) is -0.0291. The molecule has 0 saturated heterocycles. The van der Waals surface area contributed by atoms with Crippen molar-refractivity contribution < 1.29 is 17.9 Å². The van der Waals surface area contributed by atoms with Crippen LogP contribution in [-0.4, -0.2) is 27.5 Å². The van der Waals surface area contributed by atoms with Gasteiger partial charge < -0.3 is 10.1 Å². The second-order valence-electron chi connectivity index (χ2n) is 6.63. The van der Waals surface area contributed by atoms with Crippen molar-refractivity contribution in [3.8, 4) is 11.8 Å². The van der Waals surface area contributed by atoms with Gasteiger partial charge in [-0.2, -0.15) is 5.26 Å². The number of hydrogen-bond donors (Lipinski definition) is 2. The minimum absolute atomic E-state index is 0.116. The Bertz CT molecular complexity index is 1170. The first kappa shape index (κ1) is 22.0. The zero-order chi connectivity index (χ0) is 22.1. The van der Waals surface area contributed by atoms with Gasteiger partial charge in [0.15, 0.2) is 6.61 Å². The first-order valence-electron chi connectivity index (χ1n) is 9.53. The van der Waals surface area contributed by atoms with Crippen molar-refractivity contribution in [1.29, 1.82) is 5.26 Å². The number of nitriles is 1. The third kappa shape index (κ3) is 6.67. The number of anilines is 1. The summed E-state index contributed by atoms with van der Waals surface area (Å²) >= 11 is 0. The molecule has 0 unspecified atom stereocenters. The Balaban J connectivity index is 1.49. The smallest absolute Gasteiger partial charge is 0.262 e. The van der Waals surface area contributed by atoms with E-state index in [-0.39, 0.29) is 18.0 Å². The number of sulfonamides is 1. The minimum Gasteiger partial charge on any atom is -0.484 e. The minimum atomic E-state index is -3.64. The highest BCUT2D eigenvalue weighted by Crippen LogP contribution is 2.16. The number of amides is 1. The predicted octanol–water partition coefficient (Wildman–Crippen LogP) is 3.10. The van der Waals surface area contributed by atoms with Gasteiger partial charge in [-0.15, -0.1) is 0 Å². The molecule has 0 radical (unpaired) electrons. The van der Waals surface area contributed by atoms with Gasteiger partial charge in [0.1, 0.15) is 5.75 Å². The lowest BCUT2D eigenvalue weighted by Gasteiger charge is -2.10. The van der Waals surface area contributed by atoms with Gasteiger partial charge in [-0.05, 0) is 54.4 Å². The molecule has 3 aromatic carbocycles. The maximum atomic E-state index is 12.4. The van der Waals surface area contributed by atoms with Crippen molar-refractivity contribution >= 4 is 21.6 Å². The fraction of sp³-hybridized carbons (Fsp3) is 0.130. The van der Waals surface area contributed by atoms with Gasteiger partial charge in [0.25, 0.3) is 5.91 Å². The van der Waals surface area contributed by atoms with E-state index in [2.05, 4.69) is 10.0 Å². The Morgan fingerprint density at radius 3 is 2.42 bits per heavy atom. The van der Waals surface area contributed by atoms with Crippen LogP contribution in [0.3, 0.4) is 0 Å². The predicted molar refractivity (Wildman–Crippen MR) is 117 cm³/mol. The lowest BCUT2D eigenvalue weighted by Crippen LogP contribution is -2.26. The van der Waals surface area contributed by atoms with Gasteiger partial charge in [0.2, 0.25) is 10.0 Å². The highest BCUT2D eigenvalue weighted by atomic mass is 32.2. The fourth-order valence-electron chi connectivity index (χ4n) is 2.79. The van der Waals surface area contributed by atoms with E-state index in [0.717, 1.165) is 5.56 Å². The van der Waals surface area contributed by atoms with E-state index in [4.69, 9.17) is 10.00 Å². The summed E-state index contributed by atoms with van der Waals surface area (Å²) in [5.41, 5.74) is 1.98. The molecule has 0 aliphatic carbocycles. The van der Waals surface area contributed by atoms with E-state index in [1.165, 1.54) is 24.3 Å². The molecule has 158 valence electrons. The maximum absolute atomic E-state index is 12.4. The molecule has 2 N–H and O–H groups in total. The summed E-state index contributed by atoms with van der Waals surface area (Å²) in [7, 11) is -3.64. The van der Waals surface area contributed by atoms with Crippen molar-refractivity contribution in [3.63, 3.8) is 0 Å². The Morgan fingerprint density at radius 2 is 1.71 bits per heavy atom. The molecular formula is C23H21N3O4S. The van der Waals surface area contributed by atoms with Gasteiger partial charge in [0, 0.05) is 12.2 Å². The monoisotopic (exact) mass is 435 g/mol. The van der Waals surface area contributed by atoms with E-state index in [1.54, 1.807) is 24.3 Å². The first-order chi connectivity index (χ1) is 15.0. The molecule has 3 aromatic rings. The molecular weight excluding hydrogens is 414 g/mol. The Kier molecular flexibility index (Phi) is 7.38. The lowest BCUT2D eigenvalue weighted by atomic mass is 10.2. The van der Waals surface area contributed by atoms with Crippen LogP contribution >= 0.6 is 0 Å².